The zero-order chi connectivity index (χ0) is 24.4. The van der Waals surface area contributed by atoms with E-state index in [1.807, 2.05) is 6.92 Å². The summed E-state index contributed by atoms with van der Waals surface area (Å²) in [6.45, 7) is 2.16. The van der Waals surface area contributed by atoms with E-state index in [4.69, 9.17) is 21.6 Å². The molecule has 34 heavy (non-hydrogen) atoms. The first-order chi connectivity index (χ1) is 16.2. The summed E-state index contributed by atoms with van der Waals surface area (Å²) in [6, 6.07) is 6.04. The van der Waals surface area contributed by atoms with Gasteiger partial charge in [0.25, 0.3) is 5.91 Å². The van der Waals surface area contributed by atoms with E-state index in [-0.39, 0.29) is 41.3 Å². The van der Waals surface area contributed by atoms with E-state index in [0.29, 0.717) is 28.5 Å². The fraction of sp³-hybridized carbons (Fsp3) is 0.227. The summed E-state index contributed by atoms with van der Waals surface area (Å²) < 4.78 is 21.3. The Hall–Kier alpha value is -4.32. The molecule has 0 saturated heterocycles. The number of nitrogens with zero attached hydrogens (tertiary/aromatic N) is 4. The molecule has 0 aliphatic rings. The molecule has 0 spiro atoms. The van der Waals surface area contributed by atoms with Gasteiger partial charge in [-0.1, -0.05) is 0 Å². The van der Waals surface area contributed by atoms with E-state index < -0.39 is 11.7 Å². The fourth-order valence-corrected chi connectivity index (χ4v) is 3.41. The maximum Gasteiger partial charge on any atom is 0.317 e. The topological polar surface area (TPSA) is 170 Å². The first kappa shape index (κ1) is 22.9. The van der Waals surface area contributed by atoms with Crippen LogP contribution in [0.5, 0.6) is 6.01 Å². The molecule has 1 amide bonds. The molecule has 2 aromatic heterocycles. The van der Waals surface area contributed by atoms with Gasteiger partial charge in [0.2, 0.25) is 0 Å². The molecule has 0 fully saturated rings. The van der Waals surface area contributed by atoms with Gasteiger partial charge in [-0.25, -0.2) is 9.37 Å². The van der Waals surface area contributed by atoms with Gasteiger partial charge in [-0.05, 0) is 31.2 Å². The number of amides is 1. The Bertz CT molecular complexity index is 1400. The smallest absolute Gasteiger partial charge is 0.317 e. The number of aryl methyl sites for hydroxylation is 1. The van der Waals surface area contributed by atoms with E-state index in [0.717, 1.165) is 0 Å². The predicted molar refractivity (Wildman–Crippen MR) is 128 cm³/mol. The number of rotatable bonds is 8. The second-order valence-electron chi connectivity index (χ2n) is 7.90. The average Bonchev–Trinajstić information content (AvgIpc) is 3.16. The molecular formula is C22H24FN9O2. The van der Waals surface area contributed by atoms with Gasteiger partial charge in [-0.2, -0.15) is 10.1 Å². The van der Waals surface area contributed by atoms with Crippen molar-refractivity contribution in [3.8, 4) is 6.01 Å². The molecule has 2 aromatic carbocycles. The third-order valence-electron chi connectivity index (χ3n) is 4.88. The highest BCUT2D eigenvalue weighted by Crippen LogP contribution is 2.28. The van der Waals surface area contributed by atoms with Gasteiger partial charge in [-0.15, -0.1) is 0 Å². The summed E-state index contributed by atoms with van der Waals surface area (Å²) >= 11 is 0. The molecule has 0 saturated carbocycles. The van der Waals surface area contributed by atoms with Crippen LogP contribution in [-0.2, 0) is 7.05 Å². The zero-order valence-electron chi connectivity index (χ0n) is 18.6. The van der Waals surface area contributed by atoms with Crippen LogP contribution >= 0.6 is 0 Å². The first-order valence-corrected chi connectivity index (χ1v) is 10.4. The zero-order valence-corrected chi connectivity index (χ0v) is 18.6. The normalized spacial score (nSPS) is 12.0. The molecule has 2 heterocycles. The number of nitrogens with two attached hydrogens (primary N) is 2. The summed E-state index contributed by atoms with van der Waals surface area (Å²) in [6.07, 6.45) is 3.17. The Labute approximate surface area is 193 Å². The quantitative estimate of drug-likeness (QED) is 0.194. The minimum atomic E-state index is -0.545. The minimum Gasteiger partial charge on any atom is -0.455 e. The Morgan fingerprint density at radius 3 is 2.85 bits per heavy atom. The number of ether oxygens (including phenoxy) is 1. The van der Waals surface area contributed by atoms with Gasteiger partial charge in [0.05, 0.1) is 11.1 Å². The Morgan fingerprint density at radius 1 is 1.32 bits per heavy atom. The van der Waals surface area contributed by atoms with Crippen molar-refractivity contribution >= 4 is 44.9 Å². The van der Waals surface area contributed by atoms with Crippen molar-refractivity contribution in [1.29, 1.82) is 5.41 Å². The van der Waals surface area contributed by atoms with E-state index in [2.05, 4.69) is 25.7 Å². The van der Waals surface area contributed by atoms with Crippen LogP contribution in [0.3, 0.4) is 0 Å². The average molecular weight is 465 g/mol. The highest BCUT2D eigenvalue weighted by Gasteiger charge is 2.17. The molecule has 4 aromatic rings. The minimum absolute atomic E-state index is 0.0380. The molecular weight excluding hydrogens is 441 g/mol. The van der Waals surface area contributed by atoms with Gasteiger partial charge in [0.1, 0.15) is 18.0 Å². The first-order valence-electron chi connectivity index (χ1n) is 10.4. The van der Waals surface area contributed by atoms with E-state index in [1.54, 1.807) is 31.4 Å². The van der Waals surface area contributed by atoms with Crippen LogP contribution in [0.15, 0.2) is 36.7 Å². The summed E-state index contributed by atoms with van der Waals surface area (Å²) in [5.74, 6) is -1.24. The van der Waals surface area contributed by atoms with Crippen LogP contribution in [0.25, 0.3) is 21.8 Å². The molecule has 4 rings (SSSR count). The van der Waals surface area contributed by atoms with Crippen LogP contribution < -0.4 is 26.8 Å². The number of anilines is 2. The molecule has 176 valence electrons. The van der Waals surface area contributed by atoms with Gasteiger partial charge in [0.15, 0.2) is 5.82 Å². The lowest BCUT2D eigenvalue weighted by Gasteiger charge is -2.14. The number of nitrogens with one attached hydrogen (secondary N) is 3. The maximum atomic E-state index is 14.5. The lowest BCUT2D eigenvalue weighted by atomic mass is 10.1. The molecule has 0 radical (unpaired) electrons. The van der Waals surface area contributed by atoms with Crippen LogP contribution in [-0.4, -0.2) is 50.7 Å². The lowest BCUT2D eigenvalue weighted by molar-refractivity contribution is 0.102. The van der Waals surface area contributed by atoms with Crippen LogP contribution in [0.1, 0.15) is 17.3 Å². The second-order valence-corrected chi connectivity index (χ2v) is 7.90. The molecule has 7 N–H and O–H groups in total. The van der Waals surface area contributed by atoms with Gasteiger partial charge in [0, 0.05) is 54.2 Å². The van der Waals surface area contributed by atoms with Crippen molar-refractivity contribution < 1.29 is 13.9 Å². The third kappa shape index (κ3) is 4.86. The standard InChI is InChI=1S/C22H24FN9O2/c1-11(24)7-27-17-4-3-14(20-15(17)8-28-22(30-20)34-10-18(25)26)21(33)29-13-5-12-9-32(2)31-19(12)16(23)6-13/h3-6,8-9,11,27H,7,10,24H2,1-2H3,(H3,25,26)(H,29,33)/t11-/m1/s1. The maximum absolute atomic E-state index is 14.5. The molecule has 0 aliphatic heterocycles. The molecule has 11 nitrogen and oxygen atoms in total. The van der Waals surface area contributed by atoms with Gasteiger partial charge < -0.3 is 26.8 Å². The predicted octanol–water partition coefficient (Wildman–Crippen LogP) is 1.98. The van der Waals surface area contributed by atoms with Crippen LogP contribution in [0.2, 0.25) is 0 Å². The highest BCUT2D eigenvalue weighted by molar-refractivity contribution is 6.14. The summed E-state index contributed by atoms with van der Waals surface area (Å²) in [5, 5.41) is 18.4. The number of hydrogen-bond donors (Lipinski definition) is 5. The second kappa shape index (κ2) is 9.27. The number of benzene rings is 2. The highest BCUT2D eigenvalue weighted by atomic mass is 19.1. The number of aromatic nitrogens is 4. The number of carbonyl (C=O) groups excluding carboxylic acids is 1. The van der Waals surface area contributed by atoms with Crippen molar-refractivity contribution in [1.82, 2.24) is 19.7 Å². The molecule has 0 unspecified atom stereocenters. The summed E-state index contributed by atoms with van der Waals surface area (Å²) in [7, 11) is 1.69. The Morgan fingerprint density at radius 2 is 2.12 bits per heavy atom. The van der Waals surface area contributed by atoms with Crippen LogP contribution in [0.4, 0.5) is 15.8 Å². The Balaban J connectivity index is 1.72. The monoisotopic (exact) mass is 465 g/mol. The largest absolute Gasteiger partial charge is 0.455 e. The van der Waals surface area contributed by atoms with Crippen molar-refractivity contribution in [3.05, 3.63) is 48.0 Å². The summed E-state index contributed by atoms with van der Waals surface area (Å²) in [5.41, 5.74) is 12.9. The molecule has 12 heteroatoms. The molecule has 0 bridgehead atoms. The number of carbonyl (C=O) groups is 1. The van der Waals surface area contributed by atoms with Crippen LogP contribution in [0, 0.1) is 11.2 Å². The van der Waals surface area contributed by atoms with Crippen molar-refractivity contribution in [2.24, 2.45) is 18.5 Å². The fourth-order valence-electron chi connectivity index (χ4n) is 3.41. The van der Waals surface area contributed by atoms with E-state index in [9.17, 15) is 9.18 Å². The third-order valence-corrected chi connectivity index (χ3v) is 4.88. The molecule has 1 atom stereocenters. The van der Waals surface area contributed by atoms with Crippen molar-refractivity contribution in [3.63, 3.8) is 0 Å². The van der Waals surface area contributed by atoms with Gasteiger partial charge in [-0.3, -0.25) is 14.9 Å². The van der Waals surface area contributed by atoms with Crippen molar-refractivity contribution in [2.45, 2.75) is 13.0 Å². The molecule has 0 aliphatic carbocycles. The summed E-state index contributed by atoms with van der Waals surface area (Å²) in [4.78, 5) is 21.7. The lowest BCUT2D eigenvalue weighted by Crippen LogP contribution is -2.25. The Kier molecular flexibility index (Phi) is 6.23. The van der Waals surface area contributed by atoms with E-state index >= 15 is 0 Å². The number of fused-ring (bicyclic) bond motifs is 2. The number of amidine groups is 1. The van der Waals surface area contributed by atoms with Crippen molar-refractivity contribution in [2.75, 3.05) is 23.8 Å². The SMILES string of the molecule is C[C@@H](N)CNc1ccc(C(=O)Nc2cc(F)c3nn(C)cc3c2)c2nc(OCC(=N)N)ncc12. The number of halogens is 1. The number of hydrogen-bond acceptors (Lipinski definition) is 8. The van der Waals surface area contributed by atoms with E-state index in [1.165, 1.54) is 16.9 Å². The van der Waals surface area contributed by atoms with Gasteiger partial charge >= 0.3 is 6.01 Å².